The molecule has 6 N–H and O–H groups in total. The van der Waals surface area contributed by atoms with Crippen molar-refractivity contribution in [2.24, 2.45) is 0 Å². The fourth-order valence-corrected chi connectivity index (χ4v) is 2.46. The van der Waals surface area contributed by atoms with Gasteiger partial charge >= 0.3 is 6.03 Å². The SMILES string of the molecule is C[C@H](Sc1nc(N)nc(N)n1)C(=O)NC(=O)NCc1ccccc1. The van der Waals surface area contributed by atoms with Crippen molar-refractivity contribution in [3.05, 3.63) is 35.9 Å². The van der Waals surface area contributed by atoms with E-state index in [0.717, 1.165) is 17.3 Å². The van der Waals surface area contributed by atoms with Crippen LogP contribution in [0.25, 0.3) is 0 Å². The Kier molecular flexibility index (Phi) is 5.90. The summed E-state index contributed by atoms with van der Waals surface area (Å²) in [6.45, 7) is 1.93. The average molecular weight is 347 g/mol. The summed E-state index contributed by atoms with van der Waals surface area (Å²) in [4.78, 5) is 35.2. The monoisotopic (exact) mass is 347 g/mol. The molecule has 0 radical (unpaired) electrons. The Morgan fingerprint density at radius 1 is 1.12 bits per heavy atom. The summed E-state index contributed by atoms with van der Waals surface area (Å²) in [7, 11) is 0. The largest absolute Gasteiger partial charge is 0.368 e. The van der Waals surface area contributed by atoms with E-state index in [2.05, 4.69) is 25.6 Å². The van der Waals surface area contributed by atoms with Crippen LogP contribution in [0, 0.1) is 0 Å². The zero-order valence-corrected chi connectivity index (χ0v) is 13.7. The second-order valence-corrected chi connectivity index (χ2v) is 6.06. The van der Waals surface area contributed by atoms with E-state index in [9.17, 15) is 9.59 Å². The quantitative estimate of drug-likeness (QED) is 0.573. The number of rotatable bonds is 5. The maximum absolute atomic E-state index is 12.0. The van der Waals surface area contributed by atoms with E-state index in [-0.39, 0.29) is 17.1 Å². The molecule has 2 rings (SSSR count). The van der Waals surface area contributed by atoms with Crippen LogP contribution in [0.2, 0.25) is 0 Å². The van der Waals surface area contributed by atoms with Gasteiger partial charge in [-0.15, -0.1) is 0 Å². The molecule has 0 saturated carbocycles. The molecule has 0 saturated heterocycles. The Labute approximate surface area is 142 Å². The lowest BCUT2D eigenvalue weighted by atomic mass is 10.2. The van der Waals surface area contributed by atoms with Crippen LogP contribution in [0.1, 0.15) is 12.5 Å². The lowest BCUT2D eigenvalue weighted by Gasteiger charge is -2.11. The molecule has 2 aromatic rings. The van der Waals surface area contributed by atoms with Crippen molar-refractivity contribution < 1.29 is 9.59 Å². The maximum atomic E-state index is 12.0. The molecule has 24 heavy (non-hydrogen) atoms. The first-order valence-corrected chi connectivity index (χ1v) is 7.88. The number of nitrogens with one attached hydrogen (secondary N) is 2. The summed E-state index contributed by atoms with van der Waals surface area (Å²) < 4.78 is 0. The molecule has 1 heterocycles. The number of nitrogen functional groups attached to an aromatic ring is 2. The summed E-state index contributed by atoms with van der Waals surface area (Å²) >= 11 is 1.02. The minimum absolute atomic E-state index is 0.0294. The van der Waals surface area contributed by atoms with Gasteiger partial charge in [-0.3, -0.25) is 10.1 Å². The molecule has 126 valence electrons. The van der Waals surface area contributed by atoms with Gasteiger partial charge in [-0.25, -0.2) is 4.79 Å². The van der Waals surface area contributed by atoms with Crippen molar-refractivity contribution in [2.45, 2.75) is 23.9 Å². The van der Waals surface area contributed by atoms with E-state index in [4.69, 9.17) is 11.5 Å². The van der Waals surface area contributed by atoms with Crippen molar-refractivity contribution in [1.29, 1.82) is 0 Å². The van der Waals surface area contributed by atoms with Gasteiger partial charge in [0.05, 0.1) is 5.25 Å². The van der Waals surface area contributed by atoms with Gasteiger partial charge in [0.25, 0.3) is 0 Å². The number of nitrogens with zero attached hydrogens (tertiary/aromatic N) is 3. The number of aromatic nitrogens is 3. The molecule has 1 aromatic heterocycles. The van der Waals surface area contributed by atoms with Crippen LogP contribution in [0.5, 0.6) is 0 Å². The highest BCUT2D eigenvalue weighted by Gasteiger charge is 2.19. The second kappa shape index (κ2) is 8.11. The van der Waals surface area contributed by atoms with Gasteiger partial charge in [-0.2, -0.15) is 15.0 Å². The Morgan fingerprint density at radius 3 is 2.38 bits per heavy atom. The molecule has 0 aliphatic heterocycles. The molecule has 0 spiro atoms. The number of amides is 3. The minimum Gasteiger partial charge on any atom is -0.368 e. The van der Waals surface area contributed by atoms with Crippen LogP contribution in [-0.4, -0.2) is 32.1 Å². The van der Waals surface area contributed by atoms with Crippen molar-refractivity contribution in [2.75, 3.05) is 11.5 Å². The third kappa shape index (κ3) is 5.39. The maximum Gasteiger partial charge on any atom is 0.321 e. The van der Waals surface area contributed by atoms with Crippen LogP contribution in [0.3, 0.4) is 0 Å². The normalized spacial score (nSPS) is 11.5. The van der Waals surface area contributed by atoms with Crippen LogP contribution in [0.15, 0.2) is 35.5 Å². The summed E-state index contributed by atoms with van der Waals surface area (Å²) in [6.07, 6.45) is 0. The van der Waals surface area contributed by atoms with Gasteiger partial charge in [0, 0.05) is 6.54 Å². The van der Waals surface area contributed by atoms with Gasteiger partial charge in [0.15, 0.2) is 5.16 Å². The number of imide groups is 1. The van der Waals surface area contributed by atoms with Gasteiger partial charge < -0.3 is 16.8 Å². The lowest BCUT2D eigenvalue weighted by Crippen LogP contribution is -2.42. The molecule has 0 aliphatic rings. The molecule has 10 heteroatoms. The number of hydrogen-bond donors (Lipinski definition) is 4. The molecule has 9 nitrogen and oxygen atoms in total. The van der Waals surface area contributed by atoms with Gasteiger partial charge in [-0.1, -0.05) is 42.1 Å². The van der Waals surface area contributed by atoms with Crippen LogP contribution in [-0.2, 0) is 11.3 Å². The highest BCUT2D eigenvalue weighted by Crippen LogP contribution is 2.20. The summed E-state index contributed by atoms with van der Waals surface area (Å²) in [5.74, 6) is -0.542. The number of benzene rings is 1. The first-order chi connectivity index (χ1) is 11.4. The molecule has 0 unspecified atom stereocenters. The second-order valence-electron chi connectivity index (χ2n) is 4.75. The topological polar surface area (TPSA) is 149 Å². The third-order valence-corrected chi connectivity index (χ3v) is 3.79. The van der Waals surface area contributed by atoms with E-state index in [1.54, 1.807) is 6.92 Å². The van der Waals surface area contributed by atoms with Crippen LogP contribution >= 0.6 is 11.8 Å². The van der Waals surface area contributed by atoms with E-state index >= 15 is 0 Å². The van der Waals surface area contributed by atoms with E-state index < -0.39 is 17.2 Å². The summed E-state index contributed by atoms with van der Waals surface area (Å²) in [5, 5.41) is 4.46. The molecule has 1 atom stereocenters. The molecule has 0 bridgehead atoms. The third-order valence-electron chi connectivity index (χ3n) is 2.83. The molecular formula is C14H17N7O2S. The number of carbonyl (C=O) groups is 2. The van der Waals surface area contributed by atoms with E-state index in [1.807, 2.05) is 30.3 Å². The molecule has 1 aromatic carbocycles. The fourth-order valence-electron chi connectivity index (χ4n) is 1.69. The Bertz CT molecular complexity index is 706. The zero-order chi connectivity index (χ0) is 17.5. The number of hydrogen-bond acceptors (Lipinski definition) is 8. The first-order valence-electron chi connectivity index (χ1n) is 7.00. The first kappa shape index (κ1) is 17.5. The zero-order valence-electron chi connectivity index (χ0n) is 12.9. The predicted molar refractivity (Wildman–Crippen MR) is 90.8 cm³/mol. The smallest absolute Gasteiger partial charge is 0.321 e. The molecular weight excluding hydrogens is 330 g/mol. The number of thioether (sulfide) groups is 1. The number of anilines is 2. The summed E-state index contributed by atoms with van der Waals surface area (Å²) in [5.41, 5.74) is 11.9. The molecule has 3 amide bonds. The lowest BCUT2D eigenvalue weighted by molar-refractivity contribution is -0.119. The van der Waals surface area contributed by atoms with Gasteiger partial charge in [0.2, 0.25) is 17.8 Å². The number of nitrogens with two attached hydrogens (primary N) is 2. The summed E-state index contributed by atoms with van der Waals surface area (Å²) in [6, 6.07) is 8.78. The fraction of sp³-hybridized carbons (Fsp3) is 0.214. The highest BCUT2D eigenvalue weighted by atomic mass is 32.2. The Morgan fingerprint density at radius 2 is 1.75 bits per heavy atom. The van der Waals surface area contributed by atoms with Crippen molar-refractivity contribution in [3.8, 4) is 0 Å². The van der Waals surface area contributed by atoms with Crippen molar-refractivity contribution in [1.82, 2.24) is 25.6 Å². The Hall–Kier alpha value is -2.88. The van der Waals surface area contributed by atoms with Crippen LogP contribution < -0.4 is 22.1 Å². The van der Waals surface area contributed by atoms with Crippen LogP contribution in [0.4, 0.5) is 16.7 Å². The molecule has 0 fully saturated rings. The van der Waals surface area contributed by atoms with Crippen molar-refractivity contribution in [3.63, 3.8) is 0 Å². The standard InChI is InChI=1S/C14H17N7O2S/c1-8(24-14-20-11(15)19-12(16)21-14)10(22)18-13(23)17-7-9-5-3-2-4-6-9/h2-6,8H,7H2,1H3,(H2,17,18,22,23)(H4,15,16,19,20,21)/t8-/m0/s1. The highest BCUT2D eigenvalue weighted by molar-refractivity contribution is 8.00. The Balaban J connectivity index is 1.83. The number of urea groups is 1. The predicted octanol–water partition coefficient (Wildman–Crippen LogP) is 0.543. The van der Waals surface area contributed by atoms with Crippen molar-refractivity contribution >= 4 is 35.6 Å². The average Bonchev–Trinajstić information content (AvgIpc) is 2.53. The minimum atomic E-state index is -0.617. The molecule has 0 aliphatic carbocycles. The number of carbonyl (C=O) groups excluding carboxylic acids is 2. The van der Waals surface area contributed by atoms with Gasteiger partial charge in [-0.05, 0) is 12.5 Å². The van der Waals surface area contributed by atoms with E-state index in [0.29, 0.717) is 6.54 Å². The van der Waals surface area contributed by atoms with Gasteiger partial charge in [0.1, 0.15) is 0 Å². The van der Waals surface area contributed by atoms with E-state index in [1.165, 1.54) is 0 Å².